The number of hydrogen-bond donors (Lipinski definition) is 0. The Kier molecular flexibility index (Phi) is 10.1. The van der Waals surface area contributed by atoms with Gasteiger partial charge < -0.3 is 9.30 Å². The van der Waals surface area contributed by atoms with Gasteiger partial charge in [-0.05, 0) is 92.3 Å². The number of pyridine rings is 2. The Morgan fingerprint density at radius 3 is 1.98 bits per heavy atom. The van der Waals surface area contributed by atoms with E-state index in [9.17, 15) is 2.74 Å². The fraction of sp³-hybridized carbons (Fsp3) is 0.327. The van der Waals surface area contributed by atoms with E-state index in [1.54, 1.807) is 12.3 Å². The van der Waals surface area contributed by atoms with E-state index in [4.69, 9.17) is 14.7 Å². The van der Waals surface area contributed by atoms with Crippen molar-refractivity contribution in [2.75, 3.05) is 0 Å². The van der Waals surface area contributed by atoms with Gasteiger partial charge in [0.15, 0.2) is 0 Å². The molecule has 0 aliphatic heterocycles. The van der Waals surface area contributed by atoms with E-state index >= 15 is 0 Å². The van der Waals surface area contributed by atoms with Crippen LogP contribution in [-0.2, 0) is 43.7 Å². The first-order chi connectivity index (χ1) is 28.0. The molecule has 4 aromatic carbocycles. The summed E-state index contributed by atoms with van der Waals surface area (Å²) in [4.78, 5) is 9.62. The molecule has 7 heteroatoms. The van der Waals surface area contributed by atoms with E-state index in [2.05, 4.69) is 145 Å². The third-order valence-corrected chi connectivity index (χ3v) is 10.6. The van der Waals surface area contributed by atoms with Crippen molar-refractivity contribution in [1.29, 1.82) is 0 Å². The van der Waals surface area contributed by atoms with Crippen LogP contribution in [0, 0.1) is 23.9 Å². The van der Waals surface area contributed by atoms with Gasteiger partial charge in [0, 0.05) is 41.3 Å². The smallest absolute Gasteiger partial charge is 0.269 e. The van der Waals surface area contributed by atoms with Crippen molar-refractivity contribution < 1.29 is 33.1 Å². The standard InChI is InChI=1S/C52H55N5O.Pt/c1-49(2,3)32-34-17-20-44-46(25-34)56(33-55(44)38-27-36(51(7,8)9)26-37(28-38)52(10,11)12)47-31-40(22-24-53-47)58-39-18-19-42-41-15-13-14-16-43(41)57(45(42)30-39)48-29-35(21-23-54-48)50(4,5)6;/h13-29H,32H2,1-12H3;/q-2;/i32D2;. The molecule has 8 aromatic rings. The molecule has 0 radical (unpaired) electrons. The maximum Gasteiger partial charge on any atom is 0.269 e. The number of nitrogens with zero attached hydrogens (tertiary/aromatic N) is 5. The minimum Gasteiger partial charge on any atom is -0.522 e. The first-order valence-electron chi connectivity index (χ1n) is 21.2. The van der Waals surface area contributed by atoms with Gasteiger partial charge in [0.1, 0.15) is 5.82 Å². The van der Waals surface area contributed by atoms with Crippen molar-refractivity contribution in [3.05, 3.63) is 144 Å². The minimum atomic E-state index is -1.62. The fourth-order valence-corrected chi connectivity index (χ4v) is 7.40. The van der Waals surface area contributed by atoms with Crippen molar-refractivity contribution in [2.45, 2.75) is 106 Å². The van der Waals surface area contributed by atoms with Gasteiger partial charge in [-0.15, -0.1) is 17.5 Å². The fourth-order valence-electron chi connectivity index (χ4n) is 7.40. The molecule has 59 heavy (non-hydrogen) atoms. The average molecular weight is 963 g/mol. The van der Waals surface area contributed by atoms with Crippen LogP contribution in [-0.4, -0.2) is 19.1 Å². The second-order valence-corrected chi connectivity index (χ2v) is 19.6. The van der Waals surface area contributed by atoms with Gasteiger partial charge in [-0.25, -0.2) is 4.98 Å². The molecule has 0 saturated heterocycles. The second kappa shape index (κ2) is 15.2. The minimum absolute atomic E-state index is 0. The van der Waals surface area contributed by atoms with Crippen LogP contribution in [0.5, 0.6) is 11.5 Å². The van der Waals surface area contributed by atoms with Crippen LogP contribution in [0.25, 0.3) is 50.2 Å². The van der Waals surface area contributed by atoms with Crippen molar-refractivity contribution >= 4 is 32.8 Å². The molecule has 0 atom stereocenters. The second-order valence-electron chi connectivity index (χ2n) is 19.6. The first-order valence-corrected chi connectivity index (χ1v) is 20.2. The Bertz CT molecular complexity index is 2900. The average Bonchev–Trinajstić information content (AvgIpc) is 3.72. The molecular formula is C52H55N5OPt-2. The van der Waals surface area contributed by atoms with Crippen LogP contribution in [0.4, 0.5) is 0 Å². The normalized spacial score (nSPS) is 13.4. The number of rotatable bonds is 6. The summed E-state index contributed by atoms with van der Waals surface area (Å²) in [5.41, 5.74) is 7.83. The maximum atomic E-state index is 9.18. The monoisotopic (exact) mass is 962 g/mol. The molecular weight excluding hydrogens is 906 g/mol. The molecule has 6 nitrogen and oxygen atoms in total. The van der Waals surface area contributed by atoms with Crippen LogP contribution in [0.3, 0.4) is 0 Å². The van der Waals surface area contributed by atoms with Gasteiger partial charge in [-0.1, -0.05) is 137 Å². The number of imidazole rings is 1. The van der Waals surface area contributed by atoms with E-state index in [0.717, 1.165) is 44.3 Å². The van der Waals surface area contributed by atoms with E-state index in [-0.39, 0.29) is 37.3 Å². The molecule has 306 valence electrons. The molecule has 4 heterocycles. The number of ether oxygens (including phenoxy) is 1. The first kappa shape index (κ1) is 39.4. The molecule has 0 fully saturated rings. The van der Waals surface area contributed by atoms with Crippen LogP contribution < -0.4 is 9.30 Å². The summed E-state index contributed by atoms with van der Waals surface area (Å²) in [6, 6.07) is 38.0. The molecule has 8 rings (SSSR count). The molecule has 0 aliphatic rings. The molecule has 4 aromatic heterocycles. The molecule has 0 amide bonds. The van der Waals surface area contributed by atoms with Gasteiger partial charge in [-0.2, -0.15) is 18.2 Å². The molecule has 0 spiro atoms. The van der Waals surface area contributed by atoms with E-state index in [0.29, 0.717) is 22.9 Å². The van der Waals surface area contributed by atoms with Crippen molar-refractivity contribution in [3.63, 3.8) is 0 Å². The Balaban J connectivity index is 0.00000561. The number of hydrogen-bond acceptors (Lipinski definition) is 3. The van der Waals surface area contributed by atoms with Gasteiger partial charge >= 0.3 is 0 Å². The Hall–Kier alpha value is -5.06. The van der Waals surface area contributed by atoms with E-state index < -0.39 is 11.8 Å². The summed E-state index contributed by atoms with van der Waals surface area (Å²) < 4.78 is 31.0. The summed E-state index contributed by atoms with van der Waals surface area (Å²) in [5.74, 6) is 2.27. The number of para-hydroxylation sites is 1. The number of fused-ring (bicyclic) bond motifs is 4. The predicted molar refractivity (Wildman–Crippen MR) is 237 cm³/mol. The van der Waals surface area contributed by atoms with E-state index in [1.807, 2.05) is 61.9 Å². The topological polar surface area (TPSA) is 48.8 Å². The predicted octanol–water partition coefficient (Wildman–Crippen LogP) is 12.5. The summed E-state index contributed by atoms with van der Waals surface area (Å²) >= 11 is 0. The Labute approximate surface area is 367 Å². The van der Waals surface area contributed by atoms with Crippen LogP contribution in [0.15, 0.2) is 103 Å². The molecule has 0 N–H and O–H groups in total. The molecule has 0 aliphatic carbocycles. The third-order valence-electron chi connectivity index (χ3n) is 10.6. The van der Waals surface area contributed by atoms with Crippen molar-refractivity contribution in [2.24, 2.45) is 5.41 Å². The summed E-state index contributed by atoms with van der Waals surface area (Å²) in [6.45, 7) is 25.8. The Morgan fingerprint density at radius 2 is 1.31 bits per heavy atom. The molecule has 0 unspecified atom stereocenters. The van der Waals surface area contributed by atoms with Gasteiger partial charge in [0.2, 0.25) is 0 Å². The SMILES string of the molecule is [2H]C([2H])(c1ccc2c(c1)n(-c1[c-]c(Oc3[c-]c4c(cc3)c3ccccc3n4-c3cc(C(C)(C)C)ccn3)ccn1)[c-][n+]2-c1cc(C(C)(C)C)cc(C(C)(C)C)c1)C(C)(C)C.[Pt]. The number of aromatic nitrogens is 5. The zero-order chi connectivity index (χ0) is 43.2. The zero-order valence-electron chi connectivity index (χ0n) is 38.3. The van der Waals surface area contributed by atoms with Crippen LogP contribution in [0.2, 0.25) is 0 Å². The van der Waals surface area contributed by atoms with Gasteiger partial charge in [-0.3, -0.25) is 14.1 Å². The molecule has 0 bridgehead atoms. The summed E-state index contributed by atoms with van der Waals surface area (Å²) in [6.07, 6.45) is 5.58. The van der Waals surface area contributed by atoms with Crippen LogP contribution >= 0.6 is 0 Å². The quantitative estimate of drug-likeness (QED) is 0.123. The summed E-state index contributed by atoms with van der Waals surface area (Å²) in [5, 5.41) is 2.16. The van der Waals surface area contributed by atoms with Crippen molar-refractivity contribution in [3.8, 4) is 28.8 Å². The summed E-state index contributed by atoms with van der Waals surface area (Å²) in [7, 11) is 0. The number of benzene rings is 4. The Morgan fingerprint density at radius 1 is 0.644 bits per heavy atom. The zero-order valence-corrected chi connectivity index (χ0v) is 38.5. The van der Waals surface area contributed by atoms with Gasteiger partial charge in [0.05, 0.1) is 22.5 Å². The maximum absolute atomic E-state index is 9.18. The largest absolute Gasteiger partial charge is 0.522 e. The van der Waals surface area contributed by atoms with Crippen LogP contribution in [0.1, 0.15) is 108 Å². The van der Waals surface area contributed by atoms with E-state index in [1.165, 1.54) is 16.7 Å². The third kappa shape index (κ3) is 8.52. The van der Waals surface area contributed by atoms with Gasteiger partial charge in [0.25, 0.3) is 6.33 Å². The van der Waals surface area contributed by atoms with Crippen molar-refractivity contribution in [1.82, 2.24) is 19.1 Å². The molecule has 0 saturated carbocycles.